The molecule has 1 atom stereocenters. The number of nitrogens with two attached hydrogens (primary N) is 1. The summed E-state index contributed by atoms with van der Waals surface area (Å²) in [7, 11) is 0. The SMILES string of the molecule is CC1(C)OC[C@@H](Cc2ccccc2C(N)=O)O1. The quantitative estimate of drug-likeness (QED) is 0.863. The van der Waals surface area contributed by atoms with Gasteiger partial charge in [-0.2, -0.15) is 0 Å². The number of ether oxygens (including phenoxy) is 2. The third-order valence-electron chi connectivity index (χ3n) is 2.80. The van der Waals surface area contributed by atoms with Gasteiger partial charge >= 0.3 is 0 Å². The summed E-state index contributed by atoms with van der Waals surface area (Å²) in [6, 6.07) is 7.33. The molecule has 0 aliphatic carbocycles. The molecule has 17 heavy (non-hydrogen) atoms. The molecule has 0 saturated carbocycles. The Kier molecular flexibility index (Phi) is 3.17. The fourth-order valence-corrected chi connectivity index (χ4v) is 2.05. The van der Waals surface area contributed by atoms with Crippen LogP contribution in [0.2, 0.25) is 0 Å². The zero-order valence-corrected chi connectivity index (χ0v) is 10.1. The first-order valence-corrected chi connectivity index (χ1v) is 5.67. The fraction of sp³-hybridized carbons (Fsp3) is 0.462. The highest BCUT2D eigenvalue weighted by molar-refractivity contribution is 5.94. The van der Waals surface area contributed by atoms with E-state index in [2.05, 4.69) is 0 Å². The highest BCUT2D eigenvalue weighted by Crippen LogP contribution is 2.25. The van der Waals surface area contributed by atoms with Crippen molar-refractivity contribution in [2.45, 2.75) is 32.2 Å². The largest absolute Gasteiger partial charge is 0.366 e. The van der Waals surface area contributed by atoms with Crippen LogP contribution in [0.4, 0.5) is 0 Å². The minimum absolute atomic E-state index is 0.0227. The predicted octanol–water partition coefficient (Wildman–Crippen LogP) is 1.48. The first kappa shape index (κ1) is 12.1. The van der Waals surface area contributed by atoms with Crippen molar-refractivity contribution < 1.29 is 14.3 Å². The second kappa shape index (κ2) is 4.47. The Bertz CT molecular complexity index is 428. The Labute approximate surface area is 101 Å². The molecule has 1 aliphatic heterocycles. The summed E-state index contributed by atoms with van der Waals surface area (Å²) in [5.41, 5.74) is 6.80. The summed E-state index contributed by atoms with van der Waals surface area (Å²) in [6.45, 7) is 4.31. The molecule has 0 spiro atoms. The molecule has 1 heterocycles. The summed E-state index contributed by atoms with van der Waals surface area (Å²) < 4.78 is 11.2. The first-order chi connectivity index (χ1) is 7.98. The molecule has 1 saturated heterocycles. The van der Waals surface area contributed by atoms with Gasteiger partial charge in [0.15, 0.2) is 5.79 Å². The fourth-order valence-electron chi connectivity index (χ4n) is 2.05. The van der Waals surface area contributed by atoms with Crippen molar-refractivity contribution in [1.29, 1.82) is 0 Å². The lowest BCUT2D eigenvalue weighted by atomic mass is 10.0. The molecule has 1 aromatic rings. The lowest BCUT2D eigenvalue weighted by molar-refractivity contribution is -0.138. The second-order valence-electron chi connectivity index (χ2n) is 4.68. The van der Waals surface area contributed by atoms with Gasteiger partial charge in [0.05, 0.1) is 12.7 Å². The van der Waals surface area contributed by atoms with E-state index in [4.69, 9.17) is 15.2 Å². The van der Waals surface area contributed by atoms with E-state index in [1.807, 2.05) is 26.0 Å². The van der Waals surface area contributed by atoms with E-state index in [-0.39, 0.29) is 6.10 Å². The lowest BCUT2D eigenvalue weighted by Crippen LogP contribution is -2.23. The molecular weight excluding hydrogens is 218 g/mol. The van der Waals surface area contributed by atoms with Crippen LogP contribution in [0, 0.1) is 0 Å². The van der Waals surface area contributed by atoms with Crippen LogP contribution in [0.15, 0.2) is 24.3 Å². The number of carbonyl (C=O) groups is 1. The lowest BCUT2D eigenvalue weighted by Gasteiger charge is -2.17. The maximum Gasteiger partial charge on any atom is 0.248 e. The van der Waals surface area contributed by atoms with E-state index in [0.717, 1.165) is 5.56 Å². The van der Waals surface area contributed by atoms with E-state index in [9.17, 15) is 4.79 Å². The topological polar surface area (TPSA) is 61.5 Å². The standard InChI is InChI=1S/C13H17NO3/c1-13(2)16-8-10(17-13)7-9-5-3-4-6-11(9)12(14)15/h3-6,10H,7-8H2,1-2H3,(H2,14,15)/t10-/m1/s1. The molecular formula is C13H17NO3. The Morgan fingerprint density at radius 3 is 2.76 bits per heavy atom. The van der Waals surface area contributed by atoms with Crippen molar-refractivity contribution in [2.75, 3.05) is 6.61 Å². The summed E-state index contributed by atoms with van der Waals surface area (Å²) in [5, 5.41) is 0. The molecule has 2 rings (SSSR count). The van der Waals surface area contributed by atoms with Crippen LogP contribution in [-0.4, -0.2) is 24.4 Å². The monoisotopic (exact) mass is 235 g/mol. The Morgan fingerprint density at radius 2 is 2.18 bits per heavy atom. The second-order valence-corrected chi connectivity index (χ2v) is 4.68. The zero-order valence-electron chi connectivity index (χ0n) is 10.1. The van der Waals surface area contributed by atoms with Crippen LogP contribution >= 0.6 is 0 Å². The predicted molar refractivity (Wildman–Crippen MR) is 63.6 cm³/mol. The maximum absolute atomic E-state index is 11.3. The van der Waals surface area contributed by atoms with Crippen molar-refractivity contribution in [3.05, 3.63) is 35.4 Å². The zero-order chi connectivity index (χ0) is 12.5. The Morgan fingerprint density at radius 1 is 1.47 bits per heavy atom. The van der Waals surface area contributed by atoms with E-state index in [0.29, 0.717) is 18.6 Å². The highest BCUT2D eigenvalue weighted by Gasteiger charge is 2.32. The molecule has 4 nitrogen and oxygen atoms in total. The number of rotatable bonds is 3. The Balaban J connectivity index is 2.12. The molecule has 0 bridgehead atoms. The summed E-state index contributed by atoms with van der Waals surface area (Å²) in [5.74, 6) is -0.939. The number of amides is 1. The van der Waals surface area contributed by atoms with E-state index in [1.165, 1.54) is 0 Å². The molecule has 1 fully saturated rings. The average Bonchev–Trinajstić information content (AvgIpc) is 2.58. The van der Waals surface area contributed by atoms with Gasteiger partial charge in [-0.15, -0.1) is 0 Å². The molecule has 1 aromatic carbocycles. The van der Waals surface area contributed by atoms with Gasteiger partial charge in [-0.1, -0.05) is 18.2 Å². The minimum Gasteiger partial charge on any atom is -0.366 e. The number of hydrogen-bond donors (Lipinski definition) is 1. The molecule has 0 radical (unpaired) electrons. The van der Waals surface area contributed by atoms with E-state index < -0.39 is 11.7 Å². The van der Waals surface area contributed by atoms with Gasteiger partial charge in [0.2, 0.25) is 5.91 Å². The van der Waals surface area contributed by atoms with Gasteiger partial charge in [0, 0.05) is 12.0 Å². The normalized spacial score (nSPS) is 22.6. The van der Waals surface area contributed by atoms with Crippen LogP contribution in [-0.2, 0) is 15.9 Å². The average molecular weight is 235 g/mol. The number of carbonyl (C=O) groups excluding carboxylic acids is 1. The molecule has 92 valence electrons. The van der Waals surface area contributed by atoms with Gasteiger partial charge in [0.1, 0.15) is 0 Å². The molecule has 4 heteroatoms. The third-order valence-corrected chi connectivity index (χ3v) is 2.80. The minimum atomic E-state index is -0.535. The maximum atomic E-state index is 11.3. The number of hydrogen-bond acceptors (Lipinski definition) is 3. The van der Waals surface area contributed by atoms with Crippen molar-refractivity contribution in [3.8, 4) is 0 Å². The highest BCUT2D eigenvalue weighted by atomic mass is 16.7. The first-order valence-electron chi connectivity index (χ1n) is 5.67. The molecule has 2 N–H and O–H groups in total. The van der Waals surface area contributed by atoms with Crippen LogP contribution in [0.1, 0.15) is 29.8 Å². The smallest absolute Gasteiger partial charge is 0.248 e. The van der Waals surface area contributed by atoms with Crippen molar-refractivity contribution >= 4 is 5.91 Å². The van der Waals surface area contributed by atoms with Gasteiger partial charge in [-0.05, 0) is 25.5 Å². The number of benzene rings is 1. The molecule has 1 aliphatic rings. The van der Waals surface area contributed by atoms with Crippen molar-refractivity contribution in [2.24, 2.45) is 5.73 Å². The summed E-state index contributed by atoms with van der Waals surface area (Å²) in [6.07, 6.45) is 0.619. The van der Waals surface area contributed by atoms with E-state index in [1.54, 1.807) is 12.1 Å². The van der Waals surface area contributed by atoms with E-state index >= 15 is 0 Å². The van der Waals surface area contributed by atoms with Gasteiger partial charge in [0.25, 0.3) is 0 Å². The number of primary amides is 1. The molecule has 0 unspecified atom stereocenters. The van der Waals surface area contributed by atoms with Crippen LogP contribution in [0.25, 0.3) is 0 Å². The van der Waals surface area contributed by atoms with Crippen LogP contribution < -0.4 is 5.73 Å². The summed E-state index contributed by atoms with van der Waals surface area (Å²) in [4.78, 5) is 11.3. The van der Waals surface area contributed by atoms with Crippen molar-refractivity contribution in [3.63, 3.8) is 0 Å². The van der Waals surface area contributed by atoms with Gasteiger partial charge in [-0.25, -0.2) is 0 Å². The third kappa shape index (κ3) is 2.84. The molecule has 0 aromatic heterocycles. The van der Waals surface area contributed by atoms with Gasteiger partial charge < -0.3 is 15.2 Å². The summed E-state index contributed by atoms with van der Waals surface area (Å²) >= 11 is 0. The van der Waals surface area contributed by atoms with Crippen LogP contribution in [0.5, 0.6) is 0 Å². The van der Waals surface area contributed by atoms with Crippen molar-refractivity contribution in [1.82, 2.24) is 0 Å². The van der Waals surface area contributed by atoms with Gasteiger partial charge in [-0.3, -0.25) is 4.79 Å². The molecule has 1 amide bonds. The Hall–Kier alpha value is -1.39. The van der Waals surface area contributed by atoms with Crippen LogP contribution in [0.3, 0.4) is 0 Å².